The number of rotatable bonds is 4. The van der Waals surface area contributed by atoms with Crippen molar-refractivity contribution in [2.24, 2.45) is 35.3 Å². The third-order valence-corrected chi connectivity index (χ3v) is 9.24. The molecule has 166 valence electrons. The maximum Gasteiger partial charge on any atom is 0.123 e. The highest BCUT2D eigenvalue weighted by molar-refractivity contribution is 5.29. The number of pyridine rings is 1. The molecule has 2 aliphatic heterocycles. The van der Waals surface area contributed by atoms with E-state index in [2.05, 4.69) is 24.9 Å². The Morgan fingerprint density at radius 1 is 1.20 bits per heavy atom. The quantitative estimate of drug-likeness (QED) is 0.700. The molecule has 0 amide bonds. The van der Waals surface area contributed by atoms with Crippen LogP contribution in [-0.4, -0.2) is 33.4 Å². The second-order valence-corrected chi connectivity index (χ2v) is 11.5. The smallest absolute Gasteiger partial charge is 0.123 e. The van der Waals surface area contributed by atoms with Crippen LogP contribution < -0.4 is 11.5 Å². The standard InChI is InChI=1S/C25H39N3O2/c1-23(2)22-18-7-8-20(14-29)25(22,27)15-24(12-18,30-23)19-5-3-4-16(11-19)10-17-6-9-21(26)28-13-17/h6,9,13,16,18-20,22,29H,3-5,7-8,10-12,14-15,27H2,1-2H3,(H2,26,28). The van der Waals surface area contributed by atoms with Crippen molar-refractivity contribution in [2.45, 2.75) is 88.4 Å². The van der Waals surface area contributed by atoms with Gasteiger partial charge in [0.15, 0.2) is 0 Å². The van der Waals surface area contributed by atoms with Crippen LogP contribution in [0.4, 0.5) is 5.82 Å². The lowest BCUT2D eigenvalue weighted by atomic mass is 9.44. The van der Waals surface area contributed by atoms with E-state index < -0.39 is 0 Å². The van der Waals surface area contributed by atoms with Gasteiger partial charge in [-0.3, -0.25) is 0 Å². The molecule has 1 aromatic rings. The number of fused-ring (bicyclic) bond motifs is 1. The van der Waals surface area contributed by atoms with E-state index in [1.54, 1.807) is 0 Å². The van der Waals surface area contributed by atoms with Crippen LogP contribution in [0.15, 0.2) is 18.3 Å². The van der Waals surface area contributed by atoms with Crippen molar-refractivity contribution in [1.82, 2.24) is 4.98 Å². The zero-order valence-corrected chi connectivity index (χ0v) is 18.6. The van der Waals surface area contributed by atoms with Crippen LogP contribution in [-0.2, 0) is 11.2 Å². The Morgan fingerprint density at radius 3 is 2.77 bits per heavy atom. The zero-order valence-electron chi connectivity index (χ0n) is 18.6. The van der Waals surface area contributed by atoms with Crippen molar-refractivity contribution >= 4 is 5.82 Å². The van der Waals surface area contributed by atoms with Crippen molar-refractivity contribution in [3.05, 3.63) is 23.9 Å². The average molecular weight is 414 g/mol. The maximum absolute atomic E-state index is 10.2. The summed E-state index contributed by atoms with van der Waals surface area (Å²) >= 11 is 0. The van der Waals surface area contributed by atoms with E-state index in [0.717, 1.165) is 19.3 Å². The molecule has 3 heterocycles. The Hall–Kier alpha value is -1.17. The first kappa shape index (κ1) is 20.7. The highest BCUT2D eigenvalue weighted by atomic mass is 16.5. The van der Waals surface area contributed by atoms with Gasteiger partial charge in [-0.15, -0.1) is 0 Å². The fraction of sp³-hybridized carbons (Fsp3) is 0.800. The Labute approximate surface area is 181 Å². The third kappa shape index (κ3) is 3.20. The zero-order chi connectivity index (χ0) is 21.1. The summed E-state index contributed by atoms with van der Waals surface area (Å²) in [5, 5.41) is 10.2. The van der Waals surface area contributed by atoms with Gasteiger partial charge in [0, 0.05) is 30.2 Å². The Kier molecular flexibility index (Phi) is 4.96. The molecule has 3 aliphatic carbocycles. The summed E-state index contributed by atoms with van der Waals surface area (Å²) in [4.78, 5) is 4.29. The molecule has 3 saturated carbocycles. The fourth-order valence-corrected chi connectivity index (χ4v) is 8.43. The second-order valence-electron chi connectivity index (χ2n) is 11.5. The molecule has 2 saturated heterocycles. The van der Waals surface area contributed by atoms with E-state index in [9.17, 15) is 5.11 Å². The van der Waals surface area contributed by atoms with E-state index in [0.29, 0.717) is 29.5 Å². The van der Waals surface area contributed by atoms with E-state index >= 15 is 0 Å². The molecule has 5 heteroatoms. The number of aliphatic hydroxyl groups is 1. The number of nitrogens with zero attached hydrogens (tertiary/aromatic N) is 1. The molecule has 0 radical (unpaired) electrons. The predicted molar refractivity (Wildman–Crippen MR) is 119 cm³/mol. The molecule has 5 fully saturated rings. The number of anilines is 1. The van der Waals surface area contributed by atoms with Crippen molar-refractivity contribution in [3.8, 4) is 0 Å². The molecule has 5 N–H and O–H groups in total. The molecule has 30 heavy (non-hydrogen) atoms. The predicted octanol–water partition coefficient (Wildman–Crippen LogP) is 3.69. The van der Waals surface area contributed by atoms with Gasteiger partial charge in [0.2, 0.25) is 0 Å². The number of hydrogen-bond acceptors (Lipinski definition) is 5. The summed E-state index contributed by atoms with van der Waals surface area (Å²) in [6.45, 7) is 4.74. The largest absolute Gasteiger partial charge is 0.396 e. The van der Waals surface area contributed by atoms with Crippen LogP contribution in [0.1, 0.15) is 70.8 Å². The number of ether oxygens (including phenoxy) is 1. The van der Waals surface area contributed by atoms with Gasteiger partial charge in [-0.25, -0.2) is 4.98 Å². The summed E-state index contributed by atoms with van der Waals surface area (Å²) in [5.41, 5.74) is 13.7. The first-order chi connectivity index (χ1) is 14.3. The summed E-state index contributed by atoms with van der Waals surface area (Å²) in [7, 11) is 0. The van der Waals surface area contributed by atoms with Crippen LogP contribution >= 0.6 is 0 Å². The molecular weight excluding hydrogens is 374 g/mol. The molecule has 6 rings (SSSR count). The Morgan fingerprint density at radius 2 is 2.03 bits per heavy atom. The van der Waals surface area contributed by atoms with Gasteiger partial charge in [-0.05, 0) is 88.2 Å². The number of nitrogens with two attached hydrogens (primary N) is 2. The lowest BCUT2D eigenvalue weighted by molar-refractivity contribution is -0.321. The van der Waals surface area contributed by atoms with Gasteiger partial charge in [-0.1, -0.05) is 18.9 Å². The lowest BCUT2D eigenvalue weighted by Crippen LogP contribution is -2.78. The SMILES string of the molecule is CC1(C)OC2(C3CCCC(Cc4ccc(N)nc4)C3)CC3CCC(CO)C(N)(C2)C31. The summed E-state index contributed by atoms with van der Waals surface area (Å²) in [6.07, 6.45) is 12.3. The minimum absolute atomic E-state index is 0.121. The highest BCUT2D eigenvalue weighted by Gasteiger charge is 2.69. The summed E-state index contributed by atoms with van der Waals surface area (Å²) in [5.74, 6) is 3.02. The van der Waals surface area contributed by atoms with Crippen LogP contribution in [0.3, 0.4) is 0 Å². The number of hydrogen-bond donors (Lipinski definition) is 3. The molecule has 4 bridgehead atoms. The number of aliphatic hydroxyl groups excluding tert-OH is 1. The molecule has 5 nitrogen and oxygen atoms in total. The van der Waals surface area contributed by atoms with Crippen molar-refractivity contribution in [1.29, 1.82) is 0 Å². The minimum Gasteiger partial charge on any atom is -0.396 e. The topological polar surface area (TPSA) is 94.4 Å². The normalized spacial score (nSPS) is 44.7. The monoisotopic (exact) mass is 413 g/mol. The van der Waals surface area contributed by atoms with Crippen molar-refractivity contribution in [2.75, 3.05) is 12.3 Å². The molecule has 0 spiro atoms. The van der Waals surface area contributed by atoms with Gasteiger partial charge >= 0.3 is 0 Å². The van der Waals surface area contributed by atoms with E-state index in [4.69, 9.17) is 16.2 Å². The van der Waals surface area contributed by atoms with Crippen LogP contribution in [0.5, 0.6) is 0 Å². The summed E-state index contributed by atoms with van der Waals surface area (Å²) < 4.78 is 7.02. The van der Waals surface area contributed by atoms with E-state index in [1.165, 1.54) is 44.1 Å². The summed E-state index contributed by atoms with van der Waals surface area (Å²) in [6, 6.07) is 4.04. The molecular formula is C25H39N3O2. The Balaban J connectivity index is 1.40. The average Bonchev–Trinajstić information content (AvgIpc) is 2.68. The van der Waals surface area contributed by atoms with E-state index in [-0.39, 0.29) is 29.3 Å². The van der Waals surface area contributed by atoms with Gasteiger partial charge in [0.05, 0.1) is 11.2 Å². The maximum atomic E-state index is 10.2. The van der Waals surface area contributed by atoms with Crippen molar-refractivity contribution < 1.29 is 9.84 Å². The van der Waals surface area contributed by atoms with E-state index in [1.807, 2.05) is 12.3 Å². The fourth-order valence-electron chi connectivity index (χ4n) is 8.43. The minimum atomic E-state index is -0.286. The first-order valence-corrected chi connectivity index (χ1v) is 12.1. The van der Waals surface area contributed by atoms with Gasteiger partial charge in [-0.2, -0.15) is 0 Å². The lowest BCUT2D eigenvalue weighted by Gasteiger charge is -2.71. The molecule has 0 aromatic carbocycles. The Bertz CT molecular complexity index is 781. The molecule has 5 aliphatic rings. The van der Waals surface area contributed by atoms with Gasteiger partial charge in [0.25, 0.3) is 0 Å². The second kappa shape index (κ2) is 7.18. The highest BCUT2D eigenvalue weighted by Crippen LogP contribution is 2.65. The third-order valence-electron chi connectivity index (χ3n) is 9.24. The van der Waals surface area contributed by atoms with Gasteiger partial charge < -0.3 is 21.3 Å². The van der Waals surface area contributed by atoms with Crippen LogP contribution in [0, 0.1) is 29.6 Å². The number of aromatic nitrogens is 1. The molecule has 1 aromatic heterocycles. The molecule has 7 unspecified atom stereocenters. The van der Waals surface area contributed by atoms with Gasteiger partial charge in [0.1, 0.15) is 5.82 Å². The first-order valence-electron chi connectivity index (χ1n) is 12.1. The molecule has 7 atom stereocenters. The number of nitrogen functional groups attached to an aromatic ring is 1. The van der Waals surface area contributed by atoms with Crippen LogP contribution in [0.25, 0.3) is 0 Å². The van der Waals surface area contributed by atoms with Crippen LogP contribution in [0.2, 0.25) is 0 Å². The van der Waals surface area contributed by atoms with Crippen molar-refractivity contribution in [3.63, 3.8) is 0 Å².